The Morgan fingerprint density at radius 3 is 2.62 bits per heavy atom. The van der Waals surface area contributed by atoms with Crippen molar-refractivity contribution in [2.45, 2.75) is 26.3 Å². The fraction of sp³-hybridized carbons (Fsp3) is 0.200. The van der Waals surface area contributed by atoms with Gasteiger partial charge in [-0.2, -0.15) is 0 Å². The molecular weight excluding hydrogens is 399 g/mol. The minimum atomic E-state index is -0.712. The summed E-state index contributed by atoms with van der Waals surface area (Å²) in [5, 5.41) is 3.04. The third-order valence-corrected chi connectivity index (χ3v) is 5.06. The average Bonchev–Trinajstić information content (AvgIpc) is 2.55. The number of nitrogens with one attached hydrogen (secondary N) is 2. The van der Waals surface area contributed by atoms with Crippen LogP contribution in [0.5, 0.6) is 0 Å². The van der Waals surface area contributed by atoms with Gasteiger partial charge in [0.15, 0.2) is 0 Å². The molecule has 0 fully saturated rings. The minimum absolute atomic E-state index is 0.0531. The number of pyridine rings is 1. The lowest BCUT2D eigenvalue weighted by Gasteiger charge is -2.28. The molecule has 0 unspecified atom stereocenters. The molecule has 3 rings (SSSR count). The smallest absolute Gasteiger partial charge is 0.257 e. The summed E-state index contributed by atoms with van der Waals surface area (Å²) in [6.07, 6.45) is 1.38. The lowest BCUT2D eigenvalue weighted by atomic mass is 9.94. The van der Waals surface area contributed by atoms with Gasteiger partial charge in [-0.1, -0.05) is 34.1 Å². The summed E-state index contributed by atoms with van der Waals surface area (Å²) in [6, 6.07) is 10.0. The molecule has 2 N–H and O–H groups in total. The summed E-state index contributed by atoms with van der Waals surface area (Å²) in [5.41, 5.74) is 0.753. The zero-order chi connectivity index (χ0) is 19.1. The molecule has 0 atom stereocenters. The third kappa shape index (κ3) is 3.29. The number of aromatic amines is 1. The van der Waals surface area contributed by atoms with Gasteiger partial charge < -0.3 is 10.3 Å². The van der Waals surface area contributed by atoms with Crippen LogP contribution >= 0.6 is 15.9 Å². The molecule has 134 valence electrons. The van der Waals surface area contributed by atoms with Crippen molar-refractivity contribution in [3.63, 3.8) is 0 Å². The second kappa shape index (κ2) is 6.68. The largest absolute Gasteiger partial charge is 0.360 e. The molecule has 1 aromatic heterocycles. The topological polar surface area (TPSA) is 62.0 Å². The van der Waals surface area contributed by atoms with Crippen molar-refractivity contribution in [1.82, 2.24) is 10.3 Å². The van der Waals surface area contributed by atoms with Gasteiger partial charge >= 0.3 is 0 Å². The lowest BCUT2D eigenvalue weighted by Crippen LogP contribution is -2.42. The molecule has 4 nitrogen and oxygen atoms in total. The maximum absolute atomic E-state index is 13.7. The molecular formula is C20H18BrFN2O2. The number of fused-ring (bicyclic) bond motifs is 1. The first kappa shape index (κ1) is 18.3. The third-order valence-electron chi connectivity index (χ3n) is 4.37. The van der Waals surface area contributed by atoms with Crippen LogP contribution in [0.1, 0.15) is 35.3 Å². The van der Waals surface area contributed by atoms with Gasteiger partial charge in [-0.05, 0) is 50.1 Å². The Balaban J connectivity index is 2.02. The summed E-state index contributed by atoms with van der Waals surface area (Å²) in [5.74, 6) is -1.03. The molecule has 1 heterocycles. The van der Waals surface area contributed by atoms with Crippen LogP contribution in [0.4, 0.5) is 4.39 Å². The molecule has 0 radical (unpaired) electrons. The Labute approximate surface area is 158 Å². The van der Waals surface area contributed by atoms with Gasteiger partial charge in [0.1, 0.15) is 11.4 Å². The van der Waals surface area contributed by atoms with Gasteiger partial charge in [0.2, 0.25) is 5.43 Å². The standard InChI is InChI=1S/C20H18BrFN2O2/c1-11-8-12(22)9-13-17(11)23-10-14(18(13)25)19(26)24-20(2,3)15-6-4-5-7-16(15)21/h4-10H,1-3H3,(H,23,25)(H,24,26). The highest BCUT2D eigenvalue weighted by molar-refractivity contribution is 9.10. The summed E-state index contributed by atoms with van der Waals surface area (Å²) in [7, 11) is 0. The number of benzene rings is 2. The zero-order valence-electron chi connectivity index (χ0n) is 14.6. The Bertz CT molecular complexity index is 1070. The van der Waals surface area contributed by atoms with Gasteiger partial charge in [0, 0.05) is 16.1 Å². The van der Waals surface area contributed by atoms with Crippen molar-refractivity contribution in [3.05, 3.63) is 79.8 Å². The Kier molecular flexibility index (Phi) is 4.71. The van der Waals surface area contributed by atoms with Crippen LogP contribution in [-0.2, 0) is 5.54 Å². The van der Waals surface area contributed by atoms with Crippen LogP contribution in [0.3, 0.4) is 0 Å². The SMILES string of the molecule is Cc1cc(F)cc2c(=O)c(C(=O)NC(C)(C)c3ccccc3Br)c[nH]c12. The molecule has 3 aromatic rings. The summed E-state index contributed by atoms with van der Waals surface area (Å²) >= 11 is 3.48. The van der Waals surface area contributed by atoms with E-state index in [1.165, 1.54) is 12.3 Å². The number of rotatable bonds is 3. The number of aryl methyl sites for hydroxylation is 1. The van der Waals surface area contributed by atoms with E-state index in [1.54, 1.807) is 6.92 Å². The number of hydrogen-bond donors (Lipinski definition) is 2. The van der Waals surface area contributed by atoms with E-state index in [1.807, 2.05) is 38.1 Å². The van der Waals surface area contributed by atoms with Crippen LogP contribution in [0.2, 0.25) is 0 Å². The van der Waals surface area contributed by atoms with E-state index >= 15 is 0 Å². The van der Waals surface area contributed by atoms with E-state index in [0.717, 1.165) is 16.1 Å². The van der Waals surface area contributed by atoms with Crippen molar-refractivity contribution in [2.75, 3.05) is 0 Å². The molecule has 0 spiro atoms. The molecule has 0 aliphatic rings. The van der Waals surface area contributed by atoms with Gasteiger partial charge in [-0.25, -0.2) is 4.39 Å². The van der Waals surface area contributed by atoms with Crippen molar-refractivity contribution in [2.24, 2.45) is 0 Å². The van der Waals surface area contributed by atoms with Gasteiger partial charge in [0.25, 0.3) is 5.91 Å². The summed E-state index contributed by atoms with van der Waals surface area (Å²) in [4.78, 5) is 28.4. The first-order valence-electron chi connectivity index (χ1n) is 8.10. The molecule has 0 aliphatic heterocycles. The Morgan fingerprint density at radius 1 is 1.23 bits per heavy atom. The van der Waals surface area contributed by atoms with E-state index in [-0.39, 0.29) is 10.9 Å². The molecule has 0 saturated heterocycles. The van der Waals surface area contributed by atoms with Gasteiger partial charge in [0.05, 0.1) is 11.1 Å². The average molecular weight is 417 g/mol. The van der Waals surface area contributed by atoms with E-state index in [4.69, 9.17) is 0 Å². The maximum Gasteiger partial charge on any atom is 0.257 e. The van der Waals surface area contributed by atoms with Gasteiger partial charge in [-0.3, -0.25) is 9.59 Å². The highest BCUT2D eigenvalue weighted by Crippen LogP contribution is 2.28. The number of hydrogen-bond acceptors (Lipinski definition) is 2. The van der Waals surface area contributed by atoms with E-state index in [9.17, 15) is 14.0 Å². The van der Waals surface area contributed by atoms with E-state index < -0.39 is 22.7 Å². The van der Waals surface area contributed by atoms with E-state index in [0.29, 0.717) is 11.1 Å². The van der Waals surface area contributed by atoms with Gasteiger partial charge in [-0.15, -0.1) is 0 Å². The van der Waals surface area contributed by atoms with Crippen LogP contribution in [0.15, 0.2) is 51.9 Å². The predicted octanol–water partition coefficient (Wildman–Crippen LogP) is 4.40. The minimum Gasteiger partial charge on any atom is -0.360 e. The quantitative estimate of drug-likeness (QED) is 0.664. The zero-order valence-corrected chi connectivity index (χ0v) is 16.2. The van der Waals surface area contributed by atoms with Crippen molar-refractivity contribution >= 4 is 32.7 Å². The molecule has 6 heteroatoms. The molecule has 2 aromatic carbocycles. The van der Waals surface area contributed by atoms with E-state index in [2.05, 4.69) is 26.2 Å². The number of aromatic nitrogens is 1. The predicted molar refractivity (Wildman–Crippen MR) is 104 cm³/mol. The monoisotopic (exact) mass is 416 g/mol. The fourth-order valence-corrected chi connectivity index (χ4v) is 3.80. The molecule has 26 heavy (non-hydrogen) atoms. The first-order chi connectivity index (χ1) is 12.2. The second-order valence-electron chi connectivity index (χ2n) is 6.74. The number of carbonyl (C=O) groups excluding carboxylic acids is 1. The fourth-order valence-electron chi connectivity index (χ4n) is 3.02. The van der Waals surface area contributed by atoms with Crippen LogP contribution in [0.25, 0.3) is 10.9 Å². The number of halogens is 2. The molecule has 0 aliphatic carbocycles. The van der Waals surface area contributed by atoms with Crippen LogP contribution in [0, 0.1) is 12.7 Å². The molecule has 0 bridgehead atoms. The van der Waals surface area contributed by atoms with Crippen LogP contribution < -0.4 is 10.7 Å². The highest BCUT2D eigenvalue weighted by atomic mass is 79.9. The molecule has 1 amide bonds. The summed E-state index contributed by atoms with van der Waals surface area (Å²) in [6.45, 7) is 5.41. The normalized spacial score (nSPS) is 11.6. The molecule has 0 saturated carbocycles. The first-order valence-corrected chi connectivity index (χ1v) is 8.89. The van der Waals surface area contributed by atoms with Crippen molar-refractivity contribution < 1.29 is 9.18 Å². The second-order valence-corrected chi connectivity index (χ2v) is 7.59. The Morgan fingerprint density at radius 2 is 1.92 bits per heavy atom. The van der Waals surface area contributed by atoms with Crippen molar-refractivity contribution in [3.8, 4) is 0 Å². The van der Waals surface area contributed by atoms with Crippen LogP contribution in [-0.4, -0.2) is 10.9 Å². The lowest BCUT2D eigenvalue weighted by molar-refractivity contribution is 0.0910. The number of carbonyl (C=O) groups is 1. The Hall–Kier alpha value is -2.47. The highest BCUT2D eigenvalue weighted by Gasteiger charge is 2.26. The van der Waals surface area contributed by atoms with Crippen molar-refractivity contribution in [1.29, 1.82) is 0 Å². The number of amides is 1. The maximum atomic E-state index is 13.7. The number of H-pyrrole nitrogens is 1. The summed E-state index contributed by atoms with van der Waals surface area (Å²) < 4.78 is 14.5.